The van der Waals surface area contributed by atoms with E-state index in [0.717, 1.165) is 0 Å². The molecule has 4 atom stereocenters. The summed E-state index contributed by atoms with van der Waals surface area (Å²) < 4.78 is 9.85. The van der Waals surface area contributed by atoms with Gasteiger partial charge >= 0.3 is 5.97 Å². The molecule has 2 saturated heterocycles. The Hall–Kier alpha value is -1.30. The zero-order chi connectivity index (χ0) is 9.42. The SMILES string of the molecule is [N-]=[N+]=N[C@H]1CO[C@H]2[C@@H]1OC(=O)[C@H]2O. The zero-order valence-corrected chi connectivity index (χ0v) is 6.53. The number of azide groups is 1. The number of hydrogen-bond donors (Lipinski definition) is 1. The average Bonchev–Trinajstić information content (AvgIpc) is 2.59. The number of carbonyl (C=O) groups excluding carboxylic acids is 1. The summed E-state index contributed by atoms with van der Waals surface area (Å²) in [7, 11) is 0. The summed E-state index contributed by atoms with van der Waals surface area (Å²) in [4.78, 5) is 13.5. The third kappa shape index (κ3) is 1.14. The van der Waals surface area contributed by atoms with Crippen LogP contribution < -0.4 is 0 Å². The number of nitrogens with zero attached hydrogens (tertiary/aromatic N) is 3. The maximum atomic E-state index is 10.9. The molecule has 0 amide bonds. The van der Waals surface area contributed by atoms with Gasteiger partial charge in [-0.2, -0.15) is 0 Å². The lowest BCUT2D eigenvalue weighted by atomic mass is 10.1. The van der Waals surface area contributed by atoms with Gasteiger partial charge < -0.3 is 14.6 Å². The lowest BCUT2D eigenvalue weighted by Gasteiger charge is -2.08. The highest BCUT2D eigenvalue weighted by Crippen LogP contribution is 2.29. The van der Waals surface area contributed by atoms with Crippen LogP contribution in [0.25, 0.3) is 10.4 Å². The maximum absolute atomic E-state index is 10.9. The molecule has 13 heavy (non-hydrogen) atoms. The van der Waals surface area contributed by atoms with E-state index in [-0.39, 0.29) is 6.61 Å². The lowest BCUT2D eigenvalue weighted by Crippen LogP contribution is -2.30. The molecule has 70 valence electrons. The highest BCUT2D eigenvalue weighted by atomic mass is 16.6. The van der Waals surface area contributed by atoms with Gasteiger partial charge in [0.25, 0.3) is 0 Å². The summed E-state index contributed by atoms with van der Waals surface area (Å²) in [6.07, 6.45) is -2.55. The average molecular weight is 185 g/mol. The topological polar surface area (TPSA) is 105 Å². The van der Waals surface area contributed by atoms with E-state index >= 15 is 0 Å². The van der Waals surface area contributed by atoms with Crippen molar-refractivity contribution < 1.29 is 19.4 Å². The number of hydrogen-bond acceptors (Lipinski definition) is 5. The van der Waals surface area contributed by atoms with Crippen LogP contribution >= 0.6 is 0 Å². The van der Waals surface area contributed by atoms with Gasteiger partial charge in [-0.05, 0) is 5.53 Å². The zero-order valence-electron chi connectivity index (χ0n) is 6.53. The van der Waals surface area contributed by atoms with E-state index in [1.54, 1.807) is 0 Å². The fourth-order valence-electron chi connectivity index (χ4n) is 1.54. The van der Waals surface area contributed by atoms with Crippen molar-refractivity contribution in [1.82, 2.24) is 0 Å². The van der Waals surface area contributed by atoms with E-state index in [4.69, 9.17) is 15.0 Å². The number of carbonyl (C=O) groups is 1. The largest absolute Gasteiger partial charge is 0.457 e. The van der Waals surface area contributed by atoms with Crippen molar-refractivity contribution >= 4 is 5.97 Å². The Kier molecular flexibility index (Phi) is 1.84. The molecule has 0 unspecified atom stereocenters. The van der Waals surface area contributed by atoms with Gasteiger partial charge in [0.05, 0.1) is 6.61 Å². The fraction of sp³-hybridized carbons (Fsp3) is 0.833. The molecule has 7 nitrogen and oxygen atoms in total. The summed E-state index contributed by atoms with van der Waals surface area (Å²) in [5, 5.41) is 12.6. The number of ether oxygens (including phenoxy) is 2. The first-order valence-corrected chi connectivity index (χ1v) is 3.78. The molecule has 0 aromatic heterocycles. The highest BCUT2D eigenvalue weighted by Gasteiger charge is 2.52. The van der Waals surface area contributed by atoms with Crippen LogP contribution in [0.3, 0.4) is 0 Å². The highest BCUT2D eigenvalue weighted by molar-refractivity contribution is 5.78. The molecule has 2 fully saturated rings. The van der Waals surface area contributed by atoms with Crippen LogP contribution in [-0.4, -0.2) is 42.0 Å². The van der Waals surface area contributed by atoms with Gasteiger partial charge in [0.15, 0.2) is 6.10 Å². The standard InChI is InChI=1S/C6H7N3O4/c7-9-8-2-1-12-5-3(10)6(11)13-4(2)5/h2-5,10H,1H2/t2-,3-,4+,5+/m0/s1. The lowest BCUT2D eigenvalue weighted by molar-refractivity contribution is -0.148. The Morgan fingerprint density at radius 2 is 2.38 bits per heavy atom. The molecule has 0 bridgehead atoms. The molecule has 0 radical (unpaired) electrons. The normalized spacial score (nSPS) is 42.4. The summed E-state index contributed by atoms with van der Waals surface area (Å²) in [6.45, 7) is 0.184. The van der Waals surface area contributed by atoms with Crippen molar-refractivity contribution in [1.29, 1.82) is 0 Å². The van der Waals surface area contributed by atoms with E-state index in [1.807, 2.05) is 0 Å². The van der Waals surface area contributed by atoms with Gasteiger partial charge in [0.2, 0.25) is 0 Å². The van der Waals surface area contributed by atoms with Gasteiger partial charge in [0.1, 0.15) is 18.2 Å². The Morgan fingerprint density at radius 3 is 3.08 bits per heavy atom. The fourth-order valence-corrected chi connectivity index (χ4v) is 1.54. The number of fused-ring (bicyclic) bond motifs is 1. The number of rotatable bonds is 1. The number of aliphatic hydroxyl groups excluding tert-OH is 1. The van der Waals surface area contributed by atoms with Crippen LogP contribution in [0.5, 0.6) is 0 Å². The van der Waals surface area contributed by atoms with Gasteiger partial charge in [-0.1, -0.05) is 5.11 Å². The van der Waals surface area contributed by atoms with Crippen LogP contribution in [0.15, 0.2) is 5.11 Å². The van der Waals surface area contributed by atoms with E-state index in [9.17, 15) is 9.90 Å². The maximum Gasteiger partial charge on any atom is 0.338 e. The molecule has 1 N–H and O–H groups in total. The summed E-state index contributed by atoms with van der Waals surface area (Å²) in [5.41, 5.74) is 8.18. The Morgan fingerprint density at radius 1 is 1.62 bits per heavy atom. The molecule has 2 aliphatic rings. The first-order chi connectivity index (χ1) is 6.24. The van der Waals surface area contributed by atoms with Gasteiger partial charge in [0, 0.05) is 4.91 Å². The summed E-state index contributed by atoms with van der Waals surface area (Å²) in [6, 6.07) is -0.518. The Labute approximate surface area is 72.9 Å². The molecule has 2 heterocycles. The predicted molar refractivity (Wildman–Crippen MR) is 38.6 cm³/mol. The van der Waals surface area contributed by atoms with Gasteiger partial charge in [-0.25, -0.2) is 4.79 Å². The third-order valence-electron chi connectivity index (χ3n) is 2.17. The molecule has 0 saturated carbocycles. The van der Waals surface area contributed by atoms with Crippen LogP contribution in [0.2, 0.25) is 0 Å². The Balaban J connectivity index is 2.17. The van der Waals surface area contributed by atoms with Crippen LogP contribution in [0.4, 0.5) is 0 Å². The van der Waals surface area contributed by atoms with E-state index in [1.165, 1.54) is 0 Å². The molecular weight excluding hydrogens is 178 g/mol. The van der Waals surface area contributed by atoms with Gasteiger partial charge in [-0.3, -0.25) is 0 Å². The smallest absolute Gasteiger partial charge is 0.338 e. The second-order valence-electron chi connectivity index (χ2n) is 2.92. The van der Waals surface area contributed by atoms with E-state index in [2.05, 4.69) is 10.0 Å². The molecule has 0 aromatic carbocycles. The summed E-state index contributed by atoms with van der Waals surface area (Å²) >= 11 is 0. The number of esters is 1. The van der Waals surface area contributed by atoms with E-state index in [0.29, 0.717) is 0 Å². The molecule has 0 aromatic rings. The van der Waals surface area contributed by atoms with E-state index < -0.39 is 30.3 Å². The predicted octanol–water partition coefficient (Wildman–Crippen LogP) is -0.650. The van der Waals surface area contributed by atoms with Crippen molar-refractivity contribution in [2.75, 3.05) is 6.61 Å². The molecule has 2 aliphatic heterocycles. The van der Waals surface area contributed by atoms with Crippen molar-refractivity contribution in [3.63, 3.8) is 0 Å². The third-order valence-corrected chi connectivity index (χ3v) is 2.17. The molecule has 7 heteroatoms. The Bertz CT molecular complexity index is 288. The first kappa shape index (κ1) is 8.31. The summed E-state index contributed by atoms with van der Waals surface area (Å²) in [5.74, 6) is -0.715. The minimum absolute atomic E-state index is 0.184. The second kappa shape index (κ2) is 2.88. The van der Waals surface area contributed by atoms with Crippen LogP contribution in [0.1, 0.15) is 0 Å². The van der Waals surface area contributed by atoms with Gasteiger partial charge in [-0.15, -0.1) is 0 Å². The molecule has 2 rings (SSSR count). The van der Waals surface area contributed by atoms with Crippen LogP contribution in [0, 0.1) is 0 Å². The quantitative estimate of drug-likeness (QED) is 0.253. The van der Waals surface area contributed by atoms with Crippen LogP contribution in [-0.2, 0) is 14.3 Å². The second-order valence-corrected chi connectivity index (χ2v) is 2.92. The minimum atomic E-state index is -1.25. The van der Waals surface area contributed by atoms with Crippen molar-refractivity contribution in [2.45, 2.75) is 24.4 Å². The molecule has 0 spiro atoms. The van der Waals surface area contributed by atoms with Crippen molar-refractivity contribution in [3.05, 3.63) is 10.4 Å². The number of aliphatic hydroxyl groups is 1. The van der Waals surface area contributed by atoms with Crippen molar-refractivity contribution in [3.8, 4) is 0 Å². The monoisotopic (exact) mass is 185 g/mol. The minimum Gasteiger partial charge on any atom is -0.457 e. The van der Waals surface area contributed by atoms with Crippen molar-refractivity contribution in [2.24, 2.45) is 5.11 Å². The molecule has 0 aliphatic carbocycles. The first-order valence-electron chi connectivity index (χ1n) is 3.78. The molecular formula is C6H7N3O4.